The zero-order valence-electron chi connectivity index (χ0n) is 7.80. The lowest BCUT2D eigenvalue weighted by molar-refractivity contribution is 0.632. The summed E-state index contributed by atoms with van der Waals surface area (Å²) in [5.74, 6) is 1.88. The van der Waals surface area contributed by atoms with Crippen molar-refractivity contribution < 1.29 is 0 Å². The van der Waals surface area contributed by atoms with Crippen LogP contribution < -0.4 is 5.32 Å². The molecule has 0 saturated carbocycles. The van der Waals surface area contributed by atoms with Crippen LogP contribution in [0.15, 0.2) is 12.7 Å². The molecule has 0 atom stereocenters. The second-order valence-corrected chi connectivity index (χ2v) is 4.76. The zero-order chi connectivity index (χ0) is 9.40. The van der Waals surface area contributed by atoms with Gasteiger partial charge in [0, 0.05) is 12.3 Å². The van der Waals surface area contributed by atoms with E-state index in [4.69, 9.17) is 12.2 Å². The fourth-order valence-corrected chi connectivity index (χ4v) is 1.89. The van der Waals surface area contributed by atoms with Crippen LogP contribution >= 0.6 is 24.0 Å². The molecule has 0 heterocycles. The van der Waals surface area contributed by atoms with E-state index in [1.807, 2.05) is 6.08 Å². The van der Waals surface area contributed by atoms with Gasteiger partial charge in [-0.3, -0.25) is 0 Å². The Morgan fingerprint density at radius 1 is 1.67 bits per heavy atom. The minimum absolute atomic E-state index is 0.764. The monoisotopic (exact) mass is 203 g/mol. The molecule has 0 saturated heterocycles. The normalized spacial score (nSPS) is 9.92. The van der Waals surface area contributed by atoms with Gasteiger partial charge in [0.05, 0.1) is 0 Å². The fraction of sp³-hybridized carbons (Fsp3) is 0.667. The number of hydrogen-bond donors (Lipinski definition) is 1. The largest absolute Gasteiger partial charge is 0.368 e. The molecule has 0 bridgehead atoms. The van der Waals surface area contributed by atoms with Gasteiger partial charge in [-0.15, -0.1) is 6.58 Å². The van der Waals surface area contributed by atoms with Crippen LogP contribution in [0.2, 0.25) is 0 Å². The van der Waals surface area contributed by atoms with Gasteiger partial charge in [-0.2, -0.15) is 0 Å². The maximum absolute atomic E-state index is 5.08. The van der Waals surface area contributed by atoms with Crippen LogP contribution in [0.5, 0.6) is 0 Å². The molecule has 1 N–H and O–H groups in total. The Kier molecular flexibility index (Phi) is 7.61. The molecule has 0 amide bonds. The third kappa shape index (κ3) is 8.08. The number of hydrogen-bond acceptors (Lipinski definition) is 2. The molecule has 0 spiro atoms. The molecule has 70 valence electrons. The fourth-order valence-electron chi connectivity index (χ4n) is 0.594. The number of thiocarbonyl (C=S) groups is 1. The van der Waals surface area contributed by atoms with Crippen molar-refractivity contribution in [1.82, 2.24) is 5.32 Å². The van der Waals surface area contributed by atoms with E-state index in [9.17, 15) is 0 Å². The number of rotatable bonds is 5. The lowest BCUT2D eigenvalue weighted by Gasteiger charge is -2.06. The third-order valence-corrected chi connectivity index (χ3v) is 2.66. The molecule has 12 heavy (non-hydrogen) atoms. The first-order valence-electron chi connectivity index (χ1n) is 4.18. The molecule has 1 nitrogen and oxygen atoms in total. The quantitative estimate of drug-likeness (QED) is 0.545. The van der Waals surface area contributed by atoms with Crippen LogP contribution in [-0.2, 0) is 0 Å². The average Bonchev–Trinajstić information content (AvgIpc) is 2.00. The van der Waals surface area contributed by atoms with Crippen molar-refractivity contribution in [2.24, 2.45) is 5.92 Å². The second-order valence-electron chi connectivity index (χ2n) is 2.99. The summed E-state index contributed by atoms with van der Waals surface area (Å²) in [6, 6.07) is 0. The highest BCUT2D eigenvalue weighted by Crippen LogP contribution is 2.09. The van der Waals surface area contributed by atoms with Crippen molar-refractivity contribution in [3.8, 4) is 0 Å². The Bertz CT molecular complexity index is 143. The van der Waals surface area contributed by atoms with Crippen LogP contribution in [0.3, 0.4) is 0 Å². The summed E-state index contributed by atoms with van der Waals surface area (Å²) in [7, 11) is 0. The van der Waals surface area contributed by atoms with E-state index >= 15 is 0 Å². The summed E-state index contributed by atoms with van der Waals surface area (Å²) in [5.41, 5.74) is 0. The summed E-state index contributed by atoms with van der Waals surface area (Å²) >= 11 is 6.79. The Morgan fingerprint density at radius 3 is 2.83 bits per heavy atom. The molecule has 0 aromatic heterocycles. The van der Waals surface area contributed by atoms with Crippen molar-refractivity contribution in [2.75, 3.05) is 12.3 Å². The summed E-state index contributed by atoms with van der Waals surface area (Å²) in [6.45, 7) is 8.83. The lowest BCUT2D eigenvalue weighted by Crippen LogP contribution is -2.18. The zero-order valence-corrected chi connectivity index (χ0v) is 9.43. The van der Waals surface area contributed by atoms with E-state index in [1.54, 1.807) is 11.8 Å². The molecule has 0 rings (SSSR count). The van der Waals surface area contributed by atoms with Gasteiger partial charge in [-0.05, 0) is 12.3 Å². The highest BCUT2D eigenvalue weighted by Gasteiger charge is 1.97. The van der Waals surface area contributed by atoms with Crippen molar-refractivity contribution >= 4 is 28.3 Å². The summed E-state index contributed by atoms with van der Waals surface area (Å²) in [5, 5.41) is 3.08. The van der Waals surface area contributed by atoms with Gasteiger partial charge in [0.15, 0.2) is 0 Å². The van der Waals surface area contributed by atoms with Crippen LogP contribution in [0, 0.1) is 5.92 Å². The van der Waals surface area contributed by atoms with Crippen molar-refractivity contribution in [1.29, 1.82) is 0 Å². The topological polar surface area (TPSA) is 12.0 Å². The summed E-state index contributed by atoms with van der Waals surface area (Å²) in [4.78, 5) is 0. The summed E-state index contributed by atoms with van der Waals surface area (Å²) < 4.78 is 0.885. The molecular formula is C9H17NS2. The smallest absolute Gasteiger partial charge is 0.134 e. The van der Waals surface area contributed by atoms with Gasteiger partial charge in [-0.1, -0.05) is 43.9 Å². The number of thioether (sulfide) groups is 1. The van der Waals surface area contributed by atoms with E-state index < -0.39 is 0 Å². The highest BCUT2D eigenvalue weighted by molar-refractivity contribution is 8.22. The molecule has 0 radical (unpaired) electrons. The minimum atomic E-state index is 0.764. The molecule has 0 aromatic rings. The molecule has 0 fully saturated rings. The van der Waals surface area contributed by atoms with E-state index in [2.05, 4.69) is 25.7 Å². The Morgan fingerprint density at radius 2 is 2.33 bits per heavy atom. The highest BCUT2D eigenvalue weighted by atomic mass is 32.2. The molecule has 0 aromatic carbocycles. The van der Waals surface area contributed by atoms with Crippen molar-refractivity contribution in [3.63, 3.8) is 0 Å². The summed E-state index contributed by atoms with van der Waals surface area (Å²) in [6.07, 6.45) is 3.04. The molecule has 0 aliphatic heterocycles. The van der Waals surface area contributed by atoms with Gasteiger partial charge < -0.3 is 5.32 Å². The third-order valence-electron chi connectivity index (χ3n) is 1.32. The molecule has 0 unspecified atom stereocenters. The molecule has 0 aliphatic rings. The molecular weight excluding hydrogens is 186 g/mol. The van der Waals surface area contributed by atoms with E-state index in [0.717, 1.165) is 22.5 Å². The van der Waals surface area contributed by atoms with E-state index in [0.29, 0.717) is 0 Å². The minimum Gasteiger partial charge on any atom is -0.368 e. The van der Waals surface area contributed by atoms with E-state index in [1.165, 1.54) is 6.42 Å². The first-order chi connectivity index (χ1) is 5.66. The Hall–Kier alpha value is -0.0200. The molecule has 0 aliphatic carbocycles. The maximum Gasteiger partial charge on any atom is 0.134 e. The predicted molar refractivity (Wildman–Crippen MR) is 62.7 cm³/mol. The SMILES string of the molecule is C=CCNC(=S)SCCC(C)C. The van der Waals surface area contributed by atoms with Gasteiger partial charge in [0.25, 0.3) is 0 Å². The predicted octanol–water partition coefficient (Wildman–Crippen LogP) is 2.83. The van der Waals surface area contributed by atoms with Gasteiger partial charge in [-0.25, -0.2) is 0 Å². The van der Waals surface area contributed by atoms with Crippen molar-refractivity contribution in [2.45, 2.75) is 20.3 Å². The maximum atomic E-state index is 5.08. The van der Waals surface area contributed by atoms with Crippen molar-refractivity contribution in [3.05, 3.63) is 12.7 Å². The van der Waals surface area contributed by atoms with E-state index in [-0.39, 0.29) is 0 Å². The average molecular weight is 203 g/mol. The van der Waals surface area contributed by atoms with Crippen LogP contribution in [0.4, 0.5) is 0 Å². The van der Waals surface area contributed by atoms with Crippen LogP contribution in [-0.4, -0.2) is 16.6 Å². The first-order valence-corrected chi connectivity index (χ1v) is 5.57. The van der Waals surface area contributed by atoms with Gasteiger partial charge >= 0.3 is 0 Å². The molecule has 3 heteroatoms. The first kappa shape index (κ1) is 12.0. The second kappa shape index (κ2) is 7.62. The lowest BCUT2D eigenvalue weighted by atomic mass is 10.2. The standard InChI is InChI=1S/C9H17NS2/c1-4-6-10-9(11)12-7-5-8(2)3/h4,8H,1,5-7H2,2-3H3,(H,10,11). The Labute approximate surface area is 85.0 Å². The van der Waals surface area contributed by atoms with Crippen LogP contribution in [0.25, 0.3) is 0 Å². The van der Waals surface area contributed by atoms with Crippen LogP contribution in [0.1, 0.15) is 20.3 Å². The van der Waals surface area contributed by atoms with Gasteiger partial charge in [0.1, 0.15) is 4.32 Å². The van der Waals surface area contributed by atoms with Gasteiger partial charge in [0.2, 0.25) is 0 Å². The Balaban J connectivity index is 3.25. The number of nitrogens with one attached hydrogen (secondary N) is 1.